The summed E-state index contributed by atoms with van der Waals surface area (Å²) >= 11 is 0. The van der Waals surface area contributed by atoms with Gasteiger partial charge in [0.15, 0.2) is 23.3 Å². The Balaban J connectivity index is 1.85. The molecule has 0 unspecified atom stereocenters. The first-order valence-corrected chi connectivity index (χ1v) is 7.38. The van der Waals surface area contributed by atoms with E-state index in [1.807, 2.05) is 32.0 Å². The van der Waals surface area contributed by atoms with Crippen LogP contribution >= 0.6 is 0 Å². The molecule has 128 valence electrons. The first kappa shape index (κ1) is 16.7. The fourth-order valence-electron chi connectivity index (χ4n) is 2.17. The van der Waals surface area contributed by atoms with Crippen LogP contribution in [0, 0.1) is 31.3 Å². The van der Waals surface area contributed by atoms with Gasteiger partial charge in [0, 0.05) is 5.69 Å². The Labute approximate surface area is 141 Å². The smallest absolute Gasteiger partial charge is 0.249 e. The minimum Gasteiger partial charge on any atom is -0.339 e. The first-order valence-electron chi connectivity index (χ1n) is 7.38. The summed E-state index contributed by atoms with van der Waals surface area (Å²) in [6.07, 6.45) is 1.40. The highest BCUT2D eigenvalue weighted by Gasteiger charge is 2.14. The standard InChI is InChI=1S/C17H14F3N5/c1-9-3-4-10(2)13(7-9)22-14-8-21-25-17(24-14)23-12-6-5-11(18)15(19)16(12)20/h3-8H,1-2H3,(H2,22,23,24,25). The molecule has 3 aromatic rings. The van der Waals surface area contributed by atoms with E-state index in [9.17, 15) is 13.2 Å². The summed E-state index contributed by atoms with van der Waals surface area (Å²) in [5.41, 5.74) is 2.62. The highest BCUT2D eigenvalue weighted by atomic mass is 19.2. The maximum atomic E-state index is 13.7. The van der Waals surface area contributed by atoms with Gasteiger partial charge in [0.05, 0.1) is 11.9 Å². The van der Waals surface area contributed by atoms with E-state index < -0.39 is 17.5 Å². The van der Waals surface area contributed by atoms with Crippen LogP contribution in [-0.4, -0.2) is 15.2 Å². The summed E-state index contributed by atoms with van der Waals surface area (Å²) in [6.45, 7) is 3.90. The molecule has 1 heterocycles. The molecule has 0 radical (unpaired) electrons. The van der Waals surface area contributed by atoms with E-state index in [0.717, 1.165) is 28.9 Å². The van der Waals surface area contributed by atoms with Crippen LogP contribution in [0.5, 0.6) is 0 Å². The highest BCUT2D eigenvalue weighted by molar-refractivity contribution is 5.62. The molecule has 0 aliphatic carbocycles. The highest BCUT2D eigenvalue weighted by Crippen LogP contribution is 2.23. The number of nitrogens with zero attached hydrogens (tertiary/aromatic N) is 3. The molecule has 0 fully saturated rings. The van der Waals surface area contributed by atoms with Crippen LogP contribution < -0.4 is 10.6 Å². The second kappa shape index (κ2) is 6.76. The molecule has 2 aromatic carbocycles. The van der Waals surface area contributed by atoms with E-state index >= 15 is 0 Å². The minimum absolute atomic E-state index is 0.0554. The van der Waals surface area contributed by atoms with E-state index in [-0.39, 0.29) is 11.6 Å². The van der Waals surface area contributed by atoms with Crippen molar-refractivity contribution in [2.24, 2.45) is 0 Å². The van der Waals surface area contributed by atoms with Crippen LogP contribution in [0.3, 0.4) is 0 Å². The molecule has 25 heavy (non-hydrogen) atoms. The van der Waals surface area contributed by atoms with Crippen LogP contribution in [0.4, 0.5) is 36.3 Å². The molecule has 0 amide bonds. The molecule has 0 aliphatic rings. The van der Waals surface area contributed by atoms with Crippen molar-refractivity contribution in [1.29, 1.82) is 0 Å². The fourth-order valence-corrected chi connectivity index (χ4v) is 2.17. The number of nitrogens with one attached hydrogen (secondary N) is 2. The monoisotopic (exact) mass is 345 g/mol. The van der Waals surface area contributed by atoms with Gasteiger partial charge in [0.2, 0.25) is 5.95 Å². The second-order valence-electron chi connectivity index (χ2n) is 5.46. The molecular weight excluding hydrogens is 331 g/mol. The molecular formula is C17H14F3N5. The zero-order valence-electron chi connectivity index (χ0n) is 13.4. The Morgan fingerprint density at radius 3 is 2.48 bits per heavy atom. The van der Waals surface area contributed by atoms with Crippen molar-refractivity contribution in [1.82, 2.24) is 15.2 Å². The number of anilines is 4. The van der Waals surface area contributed by atoms with Gasteiger partial charge < -0.3 is 10.6 Å². The normalized spacial score (nSPS) is 10.6. The average molecular weight is 345 g/mol. The zero-order valence-corrected chi connectivity index (χ0v) is 13.4. The van der Waals surface area contributed by atoms with Gasteiger partial charge in [-0.25, -0.2) is 13.2 Å². The SMILES string of the molecule is Cc1ccc(C)c(Nc2cnnc(Nc3ccc(F)c(F)c3F)n2)c1. The number of aromatic nitrogens is 3. The molecule has 1 aromatic heterocycles. The Morgan fingerprint density at radius 1 is 0.880 bits per heavy atom. The van der Waals surface area contributed by atoms with Gasteiger partial charge in [-0.3, -0.25) is 0 Å². The topological polar surface area (TPSA) is 62.7 Å². The van der Waals surface area contributed by atoms with Crippen molar-refractivity contribution in [3.63, 3.8) is 0 Å². The van der Waals surface area contributed by atoms with Crippen molar-refractivity contribution in [3.05, 3.63) is 65.1 Å². The summed E-state index contributed by atoms with van der Waals surface area (Å²) in [7, 11) is 0. The molecule has 0 spiro atoms. The van der Waals surface area contributed by atoms with Gasteiger partial charge in [-0.15, -0.1) is 5.10 Å². The summed E-state index contributed by atoms with van der Waals surface area (Å²) in [6, 6.07) is 7.76. The fraction of sp³-hybridized carbons (Fsp3) is 0.118. The van der Waals surface area contributed by atoms with Gasteiger partial charge in [-0.2, -0.15) is 10.1 Å². The van der Waals surface area contributed by atoms with E-state index in [4.69, 9.17) is 0 Å². The third kappa shape index (κ3) is 3.68. The Morgan fingerprint density at radius 2 is 1.68 bits per heavy atom. The van der Waals surface area contributed by atoms with E-state index in [2.05, 4.69) is 25.8 Å². The van der Waals surface area contributed by atoms with Gasteiger partial charge in [-0.1, -0.05) is 12.1 Å². The third-order valence-electron chi connectivity index (χ3n) is 3.50. The molecule has 3 rings (SSSR count). The van der Waals surface area contributed by atoms with Crippen molar-refractivity contribution in [3.8, 4) is 0 Å². The van der Waals surface area contributed by atoms with Gasteiger partial charge in [0.1, 0.15) is 0 Å². The number of aryl methyl sites for hydroxylation is 2. The lowest BCUT2D eigenvalue weighted by Crippen LogP contribution is -2.05. The van der Waals surface area contributed by atoms with Crippen molar-refractivity contribution < 1.29 is 13.2 Å². The molecule has 0 bridgehead atoms. The molecule has 5 nitrogen and oxygen atoms in total. The van der Waals surface area contributed by atoms with E-state index in [0.29, 0.717) is 5.82 Å². The third-order valence-corrected chi connectivity index (χ3v) is 3.50. The second-order valence-corrected chi connectivity index (χ2v) is 5.46. The number of hydrogen-bond acceptors (Lipinski definition) is 5. The molecule has 0 saturated carbocycles. The first-order chi connectivity index (χ1) is 11.9. The van der Waals surface area contributed by atoms with Crippen molar-refractivity contribution >= 4 is 23.1 Å². The lowest BCUT2D eigenvalue weighted by Gasteiger charge is -2.11. The van der Waals surface area contributed by atoms with E-state index in [1.54, 1.807) is 0 Å². The summed E-state index contributed by atoms with van der Waals surface area (Å²) < 4.78 is 40.0. The Bertz CT molecular complexity index is 930. The average Bonchev–Trinajstić information content (AvgIpc) is 2.59. The predicted molar refractivity (Wildman–Crippen MR) is 88.6 cm³/mol. The number of rotatable bonds is 4. The zero-order chi connectivity index (χ0) is 18.0. The van der Waals surface area contributed by atoms with Crippen LogP contribution in [0.15, 0.2) is 36.5 Å². The molecule has 0 atom stereocenters. The van der Waals surface area contributed by atoms with Crippen LogP contribution in [0.25, 0.3) is 0 Å². The van der Waals surface area contributed by atoms with Crippen LogP contribution in [0.1, 0.15) is 11.1 Å². The maximum Gasteiger partial charge on any atom is 0.249 e. The molecule has 8 heteroatoms. The largest absolute Gasteiger partial charge is 0.339 e. The Kier molecular flexibility index (Phi) is 4.51. The van der Waals surface area contributed by atoms with Gasteiger partial charge in [0.25, 0.3) is 0 Å². The quantitative estimate of drug-likeness (QED) is 0.687. The minimum atomic E-state index is -1.57. The van der Waals surface area contributed by atoms with Gasteiger partial charge in [-0.05, 0) is 43.2 Å². The summed E-state index contributed by atoms with van der Waals surface area (Å²) in [4.78, 5) is 4.15. The van der Waals surface area contributed by atoms with Crippen LogP contribution in [0.2, 0.25) is 0 Å². The van der Waals surface area contributed by atoms with Crippen molar-refractivity contribution in [2.75, 3.05) is 10.6 Å². The maximum absolute atomic E-state index is 13.7. The molecule has 0 saturated heterocycles. The molecule has 2 N–H and O–H groups in total. The summed E-state index contributed by atoms with van der Waals surface area (Å²) in [5, 5.41) is 13.1. The molecule has 0 aliphatic heterocycles. The lowest BCUT2D eigenvalue weighted by atomic mass is 10.1. The van der Waals surface area contributed by atoms with Crippen molar-refractivity contribution in [2.45, 2.75) is 13.8 Å². The number of benzene rings is 2. The number of halogens is 3. The van der Waals surface area contributed by atoms with Gasteiger partial charge >= 0.3 is 0 Å². The summed E-state index contributed by atoms with van der Waals surface area (Å²) in [5.74, 6) is -3.87. The number of hydrogen-bond donors (Lipinski definition) is 2. The van der Waals surface area contributed by atoms with Crippen LogP contribution in [-0.2, 0) is 0 Å². The predicted octanol–water partition coefficient (Wildman–Crippen LogP) is 4.39. The van der Waals surface area contributed by atoms with E-state index in [1.165, 1.54) is 6.20 Å². The Hall–Kier alpha value is -3.16. The lowest BCUT2D eigenvalue weighted by molar-refractivity contribution is 0.449.